The van der Waals surface area contributed by atoms with Crippen LogP contribution in [0, 0.1) is 0 Å². The third-order valence-corrected chi connectivity index (χ3v) is 5.04. The number of hydrogen-bond donors (Lipinski definition) is 1. The van der Waals surface area contributed by atoms with Crippen molar-refractivity contribution in [3.05, 3.63) is 78.2 Å². The Bertz CT molecular complexity index is 981. The van der Waals surface area contributed by atoms with Gasteiger partial charge in [-0.3, -0.25) is 20.0 Å². The van der Waals surface area contributed by atoms with Crippen LogP contribution in [0.3, 0.4) is 0 Å². The molecule has 0 aromatic heterocycles. The van der Waals surface area contributed by atoms with Gasteiger partial charge in [0.05, 0.1) is 12.2 Å². The standard InChI is InChI=1S/C23H25N5O/c1-4-27(15-16(2)3)18-11-9-17(10-12-18)22(29)26-23-25-20-8-6-5-7-19(20)21-24-13-14-28(21)23/h4,7-12H,1-2,5-6,13-15H2,3H3,(H,25,26,29). The first kappa shape index (κ1) is 18.9. The Morgan fingerprint density at radius 1 is 1.28 bits per heavy atom. The number of amides is 1. The Morgan fingerprint density at radius 3 is 2.76 bits per heavy atom. The summed E-state index contributed by atoms with van der Waals surface area (Å²) < 4.78 is 0. The number of carbonyl (C=O) groups is 1. The first-order valence-corrected chi connectivity index (χ1v) is 9.83. The Balaban J connectivity index is 1.52. The molecule has 1 amide bonds. The van der Waals surface area contributed by atoms with Crippen molar-refractivity contribution in [1.82, 2.24) is 10.2 Å². The lowest BCUT2D eigenvalue weighted by atomic mass is 10.0. The van der Waals surface area contributed by atoms with Gasteiger partial charge in [0, 0.05) is 29.9 Å². The SMILES string of the molecule is C=CN(CC(=C)C)c1ccc(C(=O)NC2=NC3=CCCC=C3C3=NCCN23)cc1. The molecule has 2 heterocycles. The summed E-state index contributed by atoms with van der Waals surface area (Å²) in [7, 11) is 0. The van der Waals surface area contributed by atoms with Crippen LogP contribution in [-0.4, -0.2) is 42.2 Å². The molecule has 0 radical (unpaired) electrons. The molecule has 1 N–H and O–H groups in total. The molecular formula is C23H25N5O. The smallest absolute Gasteiger partial charge is 0.257 e. The molecule has 4 rings (SSSR count). The zero-order chi connectivity index (χ0) is 20.4. The van der Waals surface area contributed by atoms with E-state index in [2.05, 4.69) is 35.6 Å². The second kappa shape index (κ2) is 7.91. The van der Waals surface area contributed by atoms with Gasteiger partial charge >= 0.3 is 0 Å². The van der Waals surface area contributed by atoms with Gasteiger partial charge in [-0.2, -0.15) is 0 Å². The molecule has 1 aliphatic carbocycles. The van der Waals surface area contributed by atoms with Crippen molar-refractivity contribution >= 4 is 23.4 Å². The maximum Gasteiger partial charge on any atom is 0.257 e. The van der Waals surface area contributed by atoms with Crippen LogP contribution < -0.4 is 10.2 Å². The molecule has 0 fully saturated rings. The summed E-state index contributed by atoms with van der Waals surface area (Å²) in [5, 5.41) is 2.97. The van der Waals surface area contributed by atoms with Crippen molar-refractivity contribution in [1.29, 1.82) is 0 Å². The fourth-order valence-electron chi connectivity index (χ4n) is 3.66. The van der Waals surface area contributed by atoms with Crippen LogP contribution in [0.15, 0.2) is 82.6 Å². The molecule has 148 valence electrons. The van der Waals surface area contributed by atoms with Gasteiger partial charge in [-0.25, -0.2) is 4.99 Å². The molecule has 6 nitrogen and oxygen atoms in total. The van der Waals surface area contributed by atoms with Crippen molar-refractivity contribution in [2.75, 3.05) is 24.5 Å². The van der Waals surface area contributed by atoms with E-state index in [9.17, 15) is 4.79 Å². The van der Waals surface area contributed by atoms with Crippen LogP contribution in [0.25, 0.3) is 0 Å². The van der Waals surface area contributed by atoms with E-state index in [0.29, 0.717) is 24.6 Å². The van der Waals surface area contributed by atoms with Crippen molar-refractivity contribution in [2.45, 2.75) is 19.8 Å². The number of nitrogens with one attached hydrogen (secondary N) is 1. The minimum atomic E-state index is -0.185. The number of aliphatic imine (C=N–C) groups is 2. The molecule has 2 aliphatic heterocycles. The van der Waals surface area contributed by atoms with E-state index >= 15 is 0 Å². The average Bonchev–Trinajstić information content (AvgIpc) is 3.23. The highest BCUT2D eigenvalue weighted by Crippen LogP contribution is 2.28. The minimum Gasteiger partial charge on any atom is -0.345 e. The third-order valence-electron chi connectivity index (χ3n) is 5.04. The van der Waals surface area contributed by atoms with Crippen molar-refractivity contribution in [2.24, 2.45) is 9.98 Å². The number of hydrogen-bond acceptors (Lipinski definition) is 5. The zero-order valence-electron chi connectivity index (χ0n) is 16.7. The molecule has 0 bridgehead atoms. The maximum atomic E-state index is 12.8. The van der Waals surface area contributed by atoms with Gasteiger partial charge in [-0.1, -0.05) is 30.9 Å². The molecule has 3 aliphatic rings. The number of guanidine groups is 1. The van der Waals surface area contributed by atoms with Crippen LogP contribution in [0.2, 0.25) is 0 Å². The Kier molecular flexibility index (Phi) is 5.16. The number of anilines is 1. The Labute approximate surface area is 171 Å². The summed E-state index contributed by atoms with van der Waals surface area (Å²) in [5.41, 5.74) is 4.56. The van der Waals surface area contributed by atoms with E-state index < -0.39 is 0 Å². The van der Waals surface area contributed by atoms with Crippen LogP contribution in [0.5, 0.6) is 0 Å². The van der Waals surface area contributed by atoms with Gasteiger partial charge in [-0.15, -0.1) is 0 Å². The predicted molar refractivity (Wildman–Crippen MR) is 118 cm³/mol. The summed E-state index contributed by atoms with van der Waals surface area (Å²) in [4.78, 5) is 26.1. The Morgan fingerprint density at radius 2 is 2.03 bits per heavy atom. The van der Waals surface area contributed by atoms with E-state index in [1.165, 1.54) is 0 Å². The van der Waals surface area contributed by atoms with Gasteiger partial charge in [0.1, 0.15) is 5.84 Å². The minimum absolute atomic E-state index is 0.185. The monoisotopic (exact) mass is 387 g/mol. The van der Waals surface area contributed by atoms with Gasteiger partial charge in [0.15, 0.2) is 0 Å². The molecule has 0 unspecified atom stereocenters. The topological polar surface area (TPSA) is 60.3 Å². The highest BCUT2D eigenvalue weighted by atomic mass is 16.1. The van der Waals surface area contributed by atoms with Crippen LogP contribution in [0.4, 0.5) is 5.69 Å². The highest BCUT2D eigenvalue weighted by molar-refractivity contribution is 6.18. The lowest BCUT2D eigenvalue weighted by molar-refractivity contribution is 0.0974. The first-order valence-electron chi connectivity index (χ1n) is 9.83. The summed E-state index contributed by atoms with van der Waals surface area (Å²) in [6, 6.07) is 7.45. The van der Waals surface area contributed by atoms with Gasteiger partial charge < -0.3 is 4.90 Å². The molecule has 29 heavy (non-hydrogen) atoms. The quantitative estimate of drug-likeness (QED) is 0.785. The van der Waals surface area contributed by atoms with E-state index in [1.807, 2.05) is 41.0 Å². The Hall–Kier alpha value is -3.41. The first-order chi connectivity index (χ1) is 14.1. The van der Waals surface area contributed by atoms with Gasteiger partial charge in [0.25, 0.3) is 5.91 Å². The summed E-state index contributed by atoms with van der Waals surface area (Å²) >= 11 is 0. The second-order valence-corrected chi connectivity index (χ2v) is 7.35. The molecule has 1 aromatic rings. The summed E-state index contributed by atoms with van der Waals surface area (Å²) in [5.74, 6) is 1.28. The van der Waals surface area contributed by atoms with E-state index in [1.54, 1.807) is 6.20 Å². The number of carbonyl (C=O) groups excluding carboxylic acids is 1. The molecule has 1 aromatic carbocycles. The third kappa shape index (κ3) is 3.78. The van der Waals surface area contributed by atoms with Gasteiger partial charge in [0.2, 0.25) is 5.96 Å². The normalized spacial score (nSPS) is 17.2. The predicted octanol–water partition coefficient (Wildman–Crippen LogP) is 3.63. The molecular weight excluding hydrogens is 362 g/mol. The van der Waals surface area contributed by atoms with Crippen molar-refractivity contribution in [3.8, 4) is 0 Å². The number of rotatable bonds is 5. The number of amidine groups is 1. The molecule has 0 saturated carbocycles. The van der Waals surface area contributed by atoms with E-state index in [4.69, 9.17) is 4.99 Å². The number of allylic oxidation sites excluding steroid dienone is 2. The van der Waals surface area contributed by atoms with E-state index in [-0.39, 0.29) is 5.91 Å². The summed E-state index contributed by atoms with van der Waals surface area (Å²) in [6.07, 6.45) is 8.02. The van der Waals surface area contributed by atoms with Gasteiger partial charge in [-0.05, 0) is 50.2 Å². The highest BCUT2D eigenvalue weighted by Gasteiger charge is 2.32. The maximum absolute atomic E-state index is 12.8. The zero-order valence-corrected chi connectivity index (χ0v) is 16.7. The molecule has 0 atom stereocenters. The van der Waals surface area contributed by atoms with Crippen LogP contribution in [0.1, 0.15) is 30.1 Å². The molecule has 6 heteroatoms. The average molecular weight is 387 g/mol. The van der Waals surface area contributed by atoms with Crippen molar-refractivity contribution in [3.63, 3.8) is 0 Å². The van der Waals surface area contributed by atoms with Crippen LogP contribution in [-0.2, 0) is 0 Å². The molecule has 0 spiro atoms. The lowest BCUT2D eigenvalue weighted by Gasteiger charge is -2.30. The molecule has 0 saturated heterocycles. The van der Waals surface area contributed by atoms with Crippen molar-refractivity contribution < 1.29 is 4.79 Å². The fraction of sp³-hybridized carbons (Fsp3) is 0.261. The largest absolute Gasteiger partial charge is 0.345 e. The number of benzene rings is 1. The number of fused-ring (bicyclic) bond motifs is 3. The lowest BCUT2D eigenvalue weighted by Crippen LogP contribution is -2.48. The number of nitrogens with zero attached hydrogens (tertiary/aromatic N) is 4. The van der Waals surface area contributed by atoms with Crippen LogP contribution >= 0.6 is 0 Å². The van der Waals surface area contributed by atoms with E-state index in [0.717, 1.165) is 47.8 Å². The summed E-state index contributed by atoms with van der Waals surface area (Å²) in [6.45, 7) is 11.9. The second-order valence-electron chi connectivity index (χ2n) is 7.35. The fourth-order valence-corrected chi connectivity index (χ4v) is 3.66.